The van der Waals surface area contributed by atoms with Gasteiger partial charge < -0.3 is 5.32 Å². The molecule has 5 heteroatoms. The zero-order valence-electron chi connectivity index (χ0n) is 17.7. The van der Waals surface area contributed by atoms with E-state index < -0.39 is 5.41 Å². The quantitative estimate of drug-likeness (QED) is 0.642. The fourth-order valence-electron chi connectivity index (χ4n) is 5.60. The van der Waals surface area contributed by atoms with Crippen molar-refractivity contribution in [2.75, 3.05) is 5.32 Å². The highest BCUT2D eigenvalue weighted by molar-refractivity contribution is 6.03. The lowest BCUT2D eigenvalue weighted by molar-refractivity contribution is -0.125. The average Bonchev–Trinajstić information content (AvgIpc) is 3.02. The molecule has 5 rings (SSSR count). The number of anilines is 1. The number of ketones is 1. The molecule has 0 spiro atoms. The van der Waals surface area contributed by atoms with E-state index in [-0.39, 0.29) is 22.5 Å². The number of rotatable bonds is 3. The molecule has 2 aromatic carbocycles. The number of amides is 1. The Morgan fingerprint density at radius 3 is 2.23 bits per heavy atom. The van der Waals surface area contributed by atoms with E-state index in [2.05, 4.69) is 26.1 Å². The van der Waals surface area contributed by atoms with Crippen LogP contribution < -0.4 is 5.32 Å². The number of carbonyl (C=O) groups excluding carboxylic acids is 2. The van der Waals surface area contributed by atoms with Crippen molar-refractivity contribution in [1.82, 2.24) is 9.97 Å². The summed E-state index contributed by atoms with van der Waals surface area (Å²) >= 11 is 0. The van der Waals surface area contributed by atoms with E-state index >= 15 is 0 Å². The van der Waals surface area contributed by atoms with Crippen molar-refractivity contribution >= 4 is 28.4 Å². The Labute approximate surface area is 175 Å². The maximum absolute atomic E-state index is 13.9. The second-order valence-electron chi connectivity index (χ2n) is 9.36. The maximum atomic E-state index is 13.9. The van der Waals surface area contributed by atoms with Gasteiger partial charge in [-0.05, 0) is 49.4 Å². The molecule has 1 saturated carbocycles. The molecule has 2 aliphatic carbocycles. The van der Waals surface area contributed by atoms with Crippen LogP contribution in [0.1, 0.15) is 62.3 Å². The molecule has 0 radical (unpaired) electrons. The highest BCUT2D eigenvalue weighted by Crippen LogP contribution is 2.70. The van der Waals surface area contributed by atoms with Crippen molar-refractivity contribution in [2.24, 2.45) is 5.41 Å². The third kappa shape index (κ3) is 2.18. The summed E-state index contributed by atoms with van der Waals surface area (Å²) in [6, 6.07) is 15.0. The van der Waals surface area contributed by atoms with Crippen LogP contribution in [0.3, 0.4) is 0 Å². The minimum atomic E-state index is -0.764. The Morgan fingerprint density at radius 1 is 0.900 bits per heavy atom. The third-order valence-corrected chi connectivity index (χ3v) is 7.86. The van der Waals surface area contributed by atoms with Crippen molar-refractivity contribution in [3.63, 3.8) is 0 Å². The van der Waals surface area contributed by atoms with Gasteiger partial charge >= 0.3 is 0 Å². The summed E-state index contributed by atoms with van der Waals surface area (Å²) in [7, 11) is 0. The first-order valence-corrected chi connectivity index (χ1v) is 10.4. The Bertz CT molecular complexity index is 1230. The molecule has 2 unspecified atom stereocenters. The SMILES string of the molecule is CC(=O)c1cccc(NC(=O)C23CCC(C)(c4nc5ccccc5nc42)C3(C)C)c1. The van der Waals surface area contributed by atoms with Gasteiger partial charge in [-0.15, -0.1) is 0 Å². The number of para-hydroxylation sites is 2. The number of nitrogens with zero attached hydrogens (tertiary/aromatic N) is 2. The van der Waals surface area contributed by atoms with Crippen LogP contribution in [0.2, 0.25) is 0 Å². The standard InChI is InChI=1S/C25H25N3O2/c1-15(29)16-8-7-9-17(14-16)26-22(30)25-13-12-24(4,23(25,2)3)20-21(25)28-19-11-6-5-10-18(19)27-20/h5-11,14H,12-13H2,1-4H3,(H,26,30). The predicted octanol–water partition coefficient (Wildman–Crippen LogP) is 4.80. The molecule has 2 bridgehead atoms. The van der Waals surface area contributed by atoms with E-state index in [1.165, 1.54) is 6.92 Å². The van der Waals surface area contributed by atoms with E-state index in [1.807, 2.05) is 30.3 Å². The van der Waals surface area contributed by atoms with E-state index in [0.29, 0.717) is 11.3 Å². The molecule has 1 amide bonds. The van der Waals surface area contributed by atoms with Gasteiger partial charge in [0.25, 0.3) is 0 Å². The summed E-state index contributed by atoms with van der Waals surface area (Å²) in [5, 5.41) is 3.10. The minimum Gasteiger partial charge on any atom is -0.325 e. The molecule has 1 N–H and O–H groups in total. The van der Waals surface area contributed by atoms with Crippen LogP contribution in [0.4, 0.5) is 5.69 Å². The van der Waals surface area contributed by atoms with E-state index in [0.717, 1.165) is 35.3 Å². The lowest BCUT2D eigenvalue weighted by Crippen LogP contribution is -2.48. The molecule has 5 nitrogen and oxygen atoms in total. The van der Waals surface area contributed by atoms with Crippen molar-refractivity contribution < 1.29 is 9.59 Å². The Kier molecular flexibility index (Phi) is 3.77. The largest absolute Gasteiger partial charge is 0.325 e. The number of hydrogen-bond donors (Lipinski definition) is 1. The number of hydrogen-bond acceptors (Lipinski definition) is 4. The first-order chi connectivity index (χ1) is 14.2. The second-order valence-corrected chi connectivity index (χ2v) is 9.36. The molecule has 30 heavy (non-hydrogen) atoms. The number of carbonyl (C=O) groups is 2. The molecule has 0 saturated heterocycles. The molecule has 2 aliphatic rings. The zero-order chi connectivity index (χ0) is 21.3. The van der Waals surface area contributed by atoms with Crippen LogP contribution in [-0.2, 0) is 15.6 Å². The molecular weight excluding hydrogens is 374 g/mol. The van der Waals surface area contributed by atoms with Gasteiger partial charge in [-0.3, -0.25) is 9.59 Å². The Morgan fingerprint density at radius 2 is 1.57 bits per heavy atom. The highest BCUT2D eigenvalue weighted by atomic mass is 16.2. The van der Waals surface area contributed by atoms with E-state index in [4.69, 9.17) is 9.97 Å². The topological polar surface area (TPSA) is 72.0 Å². The van der Waals surface area contributed by atoms with Crippen molar-refractivity contribution in [3.05, 3.63) is 65.5 Å². The number of benzene rings is 2. The number of nitrogens with one attached hydrogen (secondary N) is 1. The zero-order valence-corrected chi connectivity index (χ0v) is 17.7. The van der Waals surface area contributed by atoms with Crippen LogP contribution in [-0.4, -0.2) is 21.7 Å². The normalized spacial score (nSPS) is 25.9. The molecule has 1 aromatic heterocycles. The summed E-state index contributed by atoms with van der Waals surface area (Å²) in [6.45, 7) is 8.08. The van der Waals surface area contributed by atoms with Crippen molar-refractivity contribution in [3.8, 4) is 0 Å². The molecule has 2 atom stereocenters. The molecular formula is C25H25N3O2. The molecule has 0 aliphatic heterocycles. The summed E-state index contributed by atoms with van der Waals surface area (Å²) in [5.74, 6) is -0.0955. The smallest absolute Gasteiger partial charge is 0.237 e. The Balaban J connectivity index is 1.66. The predicted molar refractivity (Wildman–Crippen MR) is 117 cm³/mol. The second kappa shape index (κ2) is 5.97. The Hall–Kier alpha value is -3.08. The van der Waals surface area contributed by atoms with Crippen LogP contribution >= 0.6 is 0 Å². The van der Waals surface area contributed by atoms with Gasteiger partial charge in [-0.2, -0.15) is 0 Å². The lowest BCUT2D eigenvalue weighted by atomic mass is 9.63. The van der Waals surface area contributed by atoms with Crippen LogP contribution in [0, 0.1) is 5.41 Å². The number of aromatic nitrogens is 2. The first kappa shape index (κ1) is 18.9. The van der Waals surface area contributed by atoms with Gasteiger partial charge in [0.15, 0.2) is 5.78 Å². The van der Waals surface area contributed by atoms with Gasteiger partial charge in [0.1, 0.15) is 0 Å². The fourth-order valence-corrected chi connectivity index (χ4v) is 5.60. The van der Waals surface area contributed by atoms with Gasteiger partial charge in [0.05, 0.1) is 27.8 Å². The molecule has 1 fully saturated rings. The summed E-state index contributed by atoms with van der Waals surface area (Å²) in [4.78, 5) is 35.6. The fraction of sp³-hybridized carbons (Fsp3) is 0.360. The van der Waals surface area contributed by atoms with Gasteiger partial charge in [-0.1, -0.05) is 45.0 Å². The number of Topliss-reactive ketones (excluding diaryl/α,β-unsaturated/α-hetero) is 1. The van der Waals surface area contributed by atoms with Gasteiger partial charge in [-0.25, -0.2) is 9.97 Å². The summed E-state index contributed by atoms with van der Waals surface area (Å²) < 4.78 is 0. The minimum absolute atomic E-state index is 0.0263. The first-order valence-electron chi connectivity index (χ1n) is 10.4. The van der Waals surface area contributed by atoms with Crippen molar-refractivity contribution in [1.29, 1.82) is 0 Å². The van der Waals surface area contributed by atoms with Gasteiger partial charge in [0, 0.05) is 16.7 Å². The van der Waals surface area contributed by atoms with Crippen molar-refractivity contribution in [2.45, 2.75) is 51.4 Å². The molecule has 1 heterocycles. The average molecular weight is 399 g/mol. The van der Waals surface area contributed by atoms with Crippen LogP contribution in [0.15, 0.2) is 48.5 Å². The lowest BCUT2D eigenvalue weighted by Gasteiger charge is -2.39. The third-order valence-electron chi connectivity index (χ3n) is 7.86. The summed E-state index contributed by atoms with van der Waals surface area (Å²) in [5.41, 5.74) is 3.32. The highest BCUT2D eigenvalue weighted by Gasteiger charge is 2.73. The maximum Gasteiger partial charge on any atom is 0.237 e. The van der Waals surface area contributed by atoms with Crippen LogP contribution in [0.25, 0.3) is 11.0 Å². The van der Waals surface area contributed by atoms with Crippen LogP contribution in [0.5, 0.6) is 0 Å². The molecule has 3 aromatic rings. The van der Waals surface area contributed by atoms with Gasteiger partial charge in [0.2, 0.25) is 5.91 Å². The monoisotopic (exact) mass is 399 g/mol. The molecule has 152 valence electrons. The van der Waals surface area contributed by atoms with E-state index in [9.17, 15) is 9.59 Å². The summed E-state index contributed by atoms with van der Waals surface area (Å²) in [6.07, 6.45) is 1.62. The van der Waals surface area contributed by atoms with E-state index in [1.54, 1.807) is 18.2 Å². The number of fused-ring (bicyclic) bond motifs is 6.